The molecule has 0 bridgehead atoms. The Kier molecular flexibility index (Phi) is 4.39. The van der Waals surface area contributed by atoms with Crippen LogP contribution in [-0.4, -0.2) is 11.1 Å². The van der Waals surface area contributed by atoms with Crippen molar-refractivity contribution in [2.24, 2.45) is 0 Å². The lowest BCUT2D eigenvalue weighted by Crippen LogP contribution is -1.98. The summed E-state index contributed by atoms with van der Waals surface area (Å²) < 4.78 is 19.9. The van der Waals surface area contributed by atoms with Crippen molar-refractivity contribution in [1.82, 2.24) is 0 Å². The molecule has 3 aromatic rings. The van der Waals surface area contributed by atoms with E-state index >= 15 is 0 Å². The van der Waals surface area contributed by atoms with Crippen LogP contribution in [0.1, 0.15) is 15.2 Å². The number of carbonyl (C=O) groups is 1. The maximum Gasteiger partial charge on any atom is 0.346 e. The lowest BCUT2D eigenvalue weighted by Gasteiger charge is -2.09. The van der Waals surface area contributed by atoms with E-state index in [-0.39, 0.29) is 10.4 Å². The fraction of sp³-hybridized carbons (Fsp3) is 0.0556. The molecule has 0 unspecified atom stereocenters. The second-order valence-corrected chi connectivity index (χ2v) is 5.80. The Hall–Kier alpha value is -2.66. The number of halogens is 1. The van der Waals surface area contributed by atoms with E-state index < -0.39 is 11.8 Å². The summed E-state index contributed by atoms with van der Waals surface area (Å²) in [7, 11) is 0. The summed E-state index contributed by atoms with van der Waals surface area (Å²) in [6, 6.07) is 15.7. The summed E-state index contributed by atoms with van der Waals surface area (Å²) in [6.07, 6.45) is 0. The molecule has 1 heterocycles. The maximum absolute atomic E-state index is 14.3. The van der Waals surface area contributed by atoms with E-state index in [4.69, 9.17) is 9.84 Å². The highest BCUT2D eigenvalue weighted by molar-refractivity contribution is 7.12. The standard InChI is InChI=1S/C18H13FO3S/c19-16-10-13(22-11-12-4-2-1-3-5-12)6-7-14(16)15-8-9-23-17(15)18(20)21/h1-10H,11H2,(H,20,21). The Morgan fingerprint density at radius 2 is 1.87 bits per heavy atom. The molecule has 0 amide bonds. The van der Waals surface area contributed by atoms with Crippen LogP contribution >= 0.6 is 11.3 Å². The summed E-state index contributed by atoms with van der Waals surface area (Å²) in [5.74, 6) is -1.16. The molecule has 0 spiro atoms. The van der Waals surface area contributed by atoms with Crippen LogP contribution in [-0.2, 0) is 6.61 Å². The molecule has 0 saturated heterocycles. The molecule has 1 aromatic heterocycles. The summed E-state index contributed by atoms with van der Waals surface area (Å²) in [6.45, 7) is 0.346. The van der Waals surface area contributed by atoms with E-state index in [2.05, 4.69) is 0 Å². The monoisotopic (exact) mass is 328 g/mol. The number of carboxylic acid groups (broad SMARTS) is 1. The smallest absolute Gasteiger partial charge is 0.346 e. The molecule has 0 aliphatic heterocycles. The molecule has 0 saturated carbocycles. The molecule has 0 aliphatic carbocycles. The third-order valence-corrected chi connectivity index (χ3v) is 4.24. The number of benzene rings is 2. The highest BCUT2D eigenvalue weighted by Crippen LogP contribution is 2.32. The van der Waals surface area contributed by atoms with Gasteiger partial charge in [-0.25, -0.2) is 9.18 Å². The predicted octanol–water partition coefficient (Wildman–Crippen LogP) is 4.83. The minimum atomic E-state index is -1.06. The number of ether oxygens (including phenoxy) is 1. The van der Waals surface area contributed by atoms with Crippen LogP contribution in [0.15, 0.2) is 60.0 Å². The molecular weight excluding hydrogens is 315 g/mol. The van der Waals surface area contributed by atoms with Crippen molar-refractivity contribution >= 4 is 17.3 Å². The lowest BCUT2D eigenvalue weighted by molar-refractivity contribution is 0.0703. The molecule has 23 heavy (non-hydrogen) atoms. The predicted molar refractivity (Wildman–Crippen MR) is 87.4 cm³/mol. The normalized spacial score (nSPS) is 10.5. The van der Waals surface area contributed by atoms with Gasteiger partial charge in [-0.1, -0.05) is 30.3 Å². The summed E-state index contributed by atoms with van der Waals surface area (Å²) in [4.78, 5) is 11.3. The van der Waals surface area contributed by atoms with Gasteiger partial charge in [0.25, 0.3) is 0 Å². The SMILES string of the molecule is O=C(O)c1sccc1-c1ccc(OCc2ccccc2)cc1F. The third kappa shape index (κ3) is 3.40. The van der Waals surface area contributed by atoms with Gasteiger partial charge in [0.05, 0.1) is 0 Å². The van der Waals surface area contributed by atoms with Crippen LogP contribution in [0.25, 0.3) is 11.1 Å². The molecule has 5 heteroatoms. The first-order valence-corrected chi connectivity index (χ1v) is 7.80. The Balaban J connectivity index is 1.81. The van der Waals surface area contributed by atoms with Crippen LogP contribution in [0.4, 0.5) is 4.39 Å². The van der Waals surface area contributed by atoms with E-state index in [1.54, 1.807) is 23.6 Å². The van der Waals surface area contributed by atoms with Gasteiger partial charge in [-0.3, -0.25) is 0 Å². The molecular formula is C18H13FO3S. The zero-order valence-corrected chi connectivity index (χ0v) is 12.8. The van der Waals surface area contributed by atoms with Gasteiger partial charge in [0.2, 0.25) is 0 Å². The van der Waals surface area contributed by atoms with Gasteiger partial charge < -0.3 is 9.84 Å². The molecule has 2 aromatic carbocycles. The summed E-state index contributed by atoms with van der Waals surface area (Å²) in [5.41, 5.74) is 1.63. The van der Waals surface area contributed by atoms with E-state index in [0.717, 1.165) is 16.9 Å². The lowest BCUT2D eigenvalue weighted by atomic mass is 10.1. The molecule has 3 rings (SSSR count). The first kappa shape index (κ1) is 15.2. The summed E-state index contributed by atoms with van der Waals surface area (Å²) in [5, 5.41) is 10.8. The van der Waals surface area contributed by atoms with E-state index in [1.807, 2.05) is 30.3 Å². The van der Waals surface area contributed by atoms with Gasteiger partial charge in [0.15, 0.2) is 0 Å². The van der Waals surface area contributed by atoms with Crippen molar-refractivity contribution in [3.63, 3.8) is 0 Å². The number of aromatic carboxylic acids is 1. The van der Waals surface area contributed by atoms with Gasteiger partial charge in [0.1, 0.15) is 23.1 Å². The number of thiophene rings is 1. The van der Waals surface area contributed by atoms with Crippen molar-refractivity contribution in [1.29, 1.82) is 0 Å². The van der Waals surface area contributed by atoms with Gasteiger partial charge in [-0.2, -0.15) is 0 Å². The zero-order valence-electron chi connectivity index (χ0n) is 12.0. The second kappa shape index (κ2) is 6.62. The van der Waals surface area contributed by atoms with Gasteiger partial charge in [-0.15, -0.1) is 11.3 Å². The second-order valence-electron chi connectivity index (χ2n) is 4.88. The minimum absolute atomic E-state index is 0.127. The van der Waals surface area contributed by atoms with E-state index in [1.165, 1.54) is 6.07 Å². The van der Waals surface area contributed by atoms with E-state index in [0.29, 0.717) is 17.9 Å². The van der Waals surface area contributed by atoms with Crippen molar-refractivity contribution in [3.8, 4) is 16.9 Å². The Morgan fingerprint density at radius 1 is 1.09 bits per heavy atom. The quantitative estimate of drug-likeness (QED) is 0.729. The van der Waals surface area contributed by atoms with Crippen molar-refractivity contribution in [2.45, 2.75) is 6.61 Å². The number of hydrogen-bond donors (Lipinski definition) is 1. The number of hydrogen-bond acceptors (Lipinski definition) is 3. The molecule has 0 fully saturated rings. The molecule has 0 atom stereocenters. The number of carboxylic acids is 1. The fourth-order valence-electron chi connectivity index (χ4n) is 2.23. The molecule has 1 N–H and O–H groups in total. The van der Waals surface area contributed by atoms with Gasteiger partial charge >= 0.3 is 5.97 Å². The molecule has 116 valence electrons. The van der Waals surface area contributed by atoms with Crippen LogP contribution in [0.2, 0.25) is 0 Å². The van der Waals surface area contributed by atoms with Crippen LogP contribution in [0.5, 0.6) is 5.75 Å². The zero-order chi connectivity index (χ0) is 16.2. The van der Waals surface area contributed by atoms with Crippen molar-refractivity contribution < 1.29 is 19.0 Å². The van der Waals surface area contributed by atoms with Gasteiger partial charge in [0, 0.05) is 17.2 Å². The fourth-order valence-corrected chi connectivity index (χ4v) is 2.98. The van der Waals surface area contributed by atoms with Crippen LogP contribution < -0.4 is 4.74 Å². The van der Waals surface area contributed by atoms with Crippen LogP contribution in [0.3, 0.4) is 0 Å². The van der Waals surface area contributed by atoms with Crippen LogP contribution in [0, 0.1) is 5.82 Å². The molecule has 0 radical (unpaired) electrons. The Bertz CT molecular complexity index is 827. The highest BCUT2D eigenvalue weighted by Gasteiger charge is 2.16. The Labute approximate surface area is 136 Å². The summed E-state index contributed by atoms with van der Waals surface area (Å²) >= 11 is 1.08. The first-order chi connectivity index (χ1) is 11.1. The first-order valence-electron chi connectivity index (χ1n) is 6.92. The van der Waals surface area contributed by atoms with Gasteiger partial charge in [-0.05, 0) is 29.1 Å². The minimum Gasteiger partial charge on any atom is -0.489 e. The van der Waals surface area contributed by atoms with E-state index in [9.17, 15) is 9.18 Å². The molecule has 3 nitrogen and oxygen atoms in total. The van der Waals surface area contributed by atoms with Crippen molar-refractivity contribution in [3.05, 3.63) is 76.2 Å². The highest BCUT2D eigenvalue weighted by atomic mass is 32.1. The molecule has 0 aliphatic rings. The largest absolute Gasteiger partial charge is 0.489 e. The average molecular weight is 328 g/mol. The number of rotatable bonds is 5. The van der Waals surface area contributed by atoms with Crippen molar-refractivity contribution in [2.75, 3.05) is 0 Å². The maximum atomic E-state index is 14.3. The topological polar surface area (TPSA) is 46.5 Å². The third-order valence-electron chi connectivity index (χ3n) is 3.34. The average Bonchev–Trinajstić information content (AvgIpc) is 3.03. The Morgan fingerprint density at radius 3 is 2.57 bits per heavy atom.